The minimum absolute atomic E-state index is 0.0300. The number of hydrogen-bond acceptors (Lipinski definition) is 5. The number of hydrogen-bond donors (Lipinski definition) is 1. The van der Waals surface area contributed by atoms with E-state index in [1.807, 2.05) is 32.9 Å². The van der Waals surface area contributed by atoms with Gasteiger partial charge in [-0.15, -0.1) is 11.3 Å². The van der Waals surface area contributed by atoms with Crippen LogP contribution < -0.4 is 14.9 Å². The summed E-state index contributed by atoms with van der Waals surface area (Å²) in [7, 11) is 1.54. The molecule has 0 aliphatic rings. The number of benzene rings is 1. The maximum Gasteiger partial charge on any atom is 0.271 e. The van der Waals surface area contributed by atoms with E-state index in [1.165, 1.54) is 4.88 Å². The summed E-state index contributed by atoms with van der Waals surface area (Å²) in [4.78, 5) is 14.3. The second-order valence-electron chi connectivity index (χ2n) is 5.18. The fraction of sp³-hybridized carbons (Fsp3) is 0.294. The lowest BCUT2D eigenvalue weighted by Gasteiger charge is -2.14. The van der Waals surface area contributed by atoms with Crippen LogP contribution >= 0.6 is 11.3 Å². The third-order valence-electron chi connectivity index (χ3n) is 2.91. The molecule has 0 fully saturated rings. The number of methoxy groups -OCH3 is 1. The summed E-state index contributed by atoms with van der Waals surface area (Å²) in [5.41, 5.74) is 2.97. The average Bonchev–Trinajstić information content (AvgIpc) is 2.92. The maximum absolute atomic E-state index is 12.1. The van der Waals surface area contributed by atoms with Crippen molar-refractivity contribution in [3.63, 3.8) is 0 Å². The molecule has 0 aliphatic carbocycles. The van der Waals surface area contributed by atoms with Crippen molar-refractivity contribution in [2.24, 2.45) is 5.10 Å². The van der Waals surface area contributed by atoms with Crippen LogP contribution in [0.4, 0.5) is 0 Å². The standard InChI is InChI=1S/C17H20N2O3S/c1-11(2)22-15-8-6-13(9-16(15)21-4)17(20)19-18-10-14-7-5-12(3)23-14/h5-11H,1-4H3,(H,19,20)/b18-10-. The molecule has 0 spiro atoms. The summed E-state index contributed by atoms with van der Waals surface area (Å²) >= 11 is 1.61. The number of nitrogens with zero attached hydrogens (tertiary/aromatic N) is 1. The highest BCUT2D eigenvalue weighted by molar-refractivity contribution is 7.13. The Morgan fingerprint density at radius 1 is 1.26 bits per heavy atom. The number of amides is 1. The zero-order valence-electron chi connectivity index (χ0n) is 13.6. The lowest BCUT2D eigenvalue weighted by Crippen LogP contribution is -2.17. The fourth-order valence-corrected chi connectivity index (χ4v) is 2.65. The smallest absolute Gasteiger partial charge is 0.271 e. The van der Waals surface area contributed by atoms with E-state index in [1.54, 1.807) is 42.9 Å². The number of rotatable bonds is 6. The van der Waals surface area contributed by atoms with Gasteiger partial charge in [-0.1, -0.05) is 0 Å². The highest BCUT2D eigenvalue weighted by Gasteiger charge is 2.11. The van der Waals surface area contributed by atoms with Gasteiger partial charge in [0.05, 0.1) is 19.4 Å². The Morgan fingerprint density at radius 3 is 2.65 bits per heavy atom. The van der Waals surface area contributed by atoms with Gasteiger partial charge in [-0.25, -0.2) is 5.43 Å². The van der Waals surface area contributed by atoms with Crippen molar-refractivity contribution < 1.29 is 14.3 Å². The minimum Gasteiger partial charge on any atom is -0.493 e. The predicted octanol–water partition coefficient (Wildman–Crippen LogP) is 3.62. The van der Waals surface area contributed by atoms with Gasteiger partial charge in [0.1, 0.15) is 0 Å². The summed E-state index contributed by atoms with van der Waals surface area (Å²) in [6.45, 7) is 5.88. The second-order valence-corrected chi connectivity index (χ2v) is 6.50. The van der Waals surface area contributed by atoms with Gasteiger partial charge < -0.3 is 9.47 Å². The maximum atomic E-state index is 12.1. The predicted molar refractivity (Wildman–Crippen MR) is 92.9 cm³/mol. The topological polar surface area (TPSA) is 59.9 Å². The number of carbonyl (C=O) groups excluding carboxylic acids is 1. The highest BCUT2D eigenvalue weighted by Crippen LogP contribution is 2.28. The lowest BCUT2D eigenvalue weighted by molar-refractivity contribution is 0.0954. The minimum atomic E-state index is -0.302. The molecule has 122 valence electrons. The van der Waals surface area contributed by atoms with Crippen molar-refractivity contribution in [3.8, 4) is 11.5 Å². The monoisotopic (exact) mass is 332 g/mol. The van der Waals surface area contributed by atoms with Crippen molar-refractivity contribution in [1.82, 2.24) is 5.43 Å². The molecule has 0 saturated heterocycles. The summed E-state index contributed by atoms with van der Waals surface area (Å²) in [6.07, 6.45) is 1.66. The molecule has 0 radical (unpaired) electrons. The summed E-state index contributed by atoms with van der Waals surface area (Å²) < 4.78 is 10.9. The number of hydrazone groups is 1. The Labute approximate surface area is 139 Å². The molecule has 1 aromatic heterocycles. The normalized spacial score (nSPS) is 11.0. The Morgan fingerprint density at radius 2 is 2.04 bits per heavy atom. The first kappa shape index (κ1) is 17.0. The molecule has 2 aromatic rings. The molecule has 0 bridgehead atoms. The van der Waals surface area contributed by atoms with Crippen LogP contribution in [-0.2, 0) is 0 Å². The van der Waals surface area contributed by atoms with Crippen molar-refractivity contribution >= 4 is 23.5 Å². The molecule has 1 aromatic carbocycles. The van der Waals surface area contributed by atoms with E-state index >= 15 is 0 Å². The third kappa shape index (κ3) is 4.82. The fourth-order valence-electron chi connectivity index (χ4n) is 1.90. The van der Waals surface area contributed by atoms with Gasteiger partial charge in [0.25, 0.3) is 5.91 Å². The van der Waals surface area contributed by atoms with Crippen LogP contribution in [0.2, 0.25) is 0 Å². The van der Waals surface area contributed by atoms with Crippen molar-refractivity contribution in [1.29, 1.82) is 0 Å². The molecule has 1 heterocycles. The molecule has 0 atom stereocenters. The molecular weight excluding hydrogens is 312 g/mol. The van der Waals surface area contributed by atoms with Crippen LogP contribution in [0.3, 0.4) is 0 Å². The van der Waals surface area contributed by atoms with Crippen LogP contribution in [0.25, 0.3) is 0 Å². The number of nitrogens with one attached hydrogen (secondary N) is 1. The van der Waals surface area contributed by atoms with Crippen LogP contribution in [-0.4, -0.2) is 25.3 Å². The molecule has 1 amide bonds. The Kier molecular flexibility index (Phi) is 5.76. The van der Waals surface area contributed by atoms with Crippen LogP contribution in [0.1, 0.15) is 34.0 Å². The highest BCUT2D eigenvalue weighted by atomic mass is 32.1. The Hall–Kier alpha value is -2.34. The third-order valence-corrected chi connectivity index (χ3v) is 3.84. The molecule has 0 saturated carbocycles. The van der Waals surface area contributed by atoms with Gasteiger partial charge in [-0.05, 0) is 51.1 Å². The van der Waals surface area contributed by atoms with E-state index in [2.05, 4.69) is 10.5 Å². The van der Waals surface area contributed by atoms with Gasteiger partial charge in [0, 0.05) is 15.3 Å². The lowest BCUT2D eigenvalue weighted by atomic mass is 10.2. The zero-order valence-corrected chi connectivity index (χ0v) is 14.4. The average molecular weight is 332 g/mol. The quantitative estimate of drug-likeness (QED) is 0.649. The SMILES string of the molecule is COc1cc(C(=O)N/N=C\c2ccc(C)s2)ccc1OC(C)C. The van der Waals surface area contributed by atoms with Crippen LogP contribution in [0.15, 0.2) is 35.4 Å². The number of carbonyl (C=O) groups is 1. The first-order valence-corrected chi connectivity index (χ1v) is 8.05. The molecule has 0 unspecified atom stereocenters. The largest absolute Gasteiger partial charge is 0.493 e. The van der Waals surface area contributed by atoms with Gasteiger partial charge in [0.15, 0.2) is 11.5 Å². The Bertz CT molecular complexity index is 708. The van der Waals surface area contributed by atoms with Gasteiger partial charge in [0.2, 0.25) is 0 Å². The number of ether oxygens (including phenoxy) is 2. The van der Waals surface area contributed by atoms with E-state index < -0.39 is 0 Å². The van der Waals surface area contributed by atoms with Gasteiger partial charge in [-0.2, -0.15) is 5.10 Å². The van der Waals surface area contributed by atoms with Crippen molar-refractivity contribution in [2.75, 3.05) is 7.11 Å². The van der Waals surface area contributed by atoms with Crippen molar-refractivity contribution in [2.45, 2.75) is 26.9 Å². The van der Waals surface area contributed by atoms with Crippen molar-refractivity contribution in [3.05, 3.63) is 45.6 Å². The van der Waals surface area contributed by atoms with E-state index in [9.17, 15) is 4.79 Å². The second kappa shape index (κ2) is 7.78. The molecule has 23 heavy (non-hydrogen) atoms. The van der Waals surface area contributed by atoms with E-state index in [-0.39, 0.29) is 12.0 Å². The first-order chi connectivity index (χ1) is 11.0. The molecule has 5 nitrogen and oxygen atoms in total. The van der Waals surface area contributed by atoms with E-state index in [0.717, 1.165) is 4.88 Å². The van der Waals surface area contributed by atoms with E-state index in [4.69, 9.17) is 9.47 Å². The summed E-state index contributed by atoms with van der Waals surface area (Å²) in [6, 6.07) is 9.00. The first-order valence-electron chi connectivity index (χ1n) is 7.24. The van der Waals surface area contributed by atoms with Gasteiger partial charge >= 0.3 is 0 Å². The van der Waals surface area contributed by atoms with E-state index in [0.29, 0.717) is 17.1 Å². The van der Waals surface area contributed by atoms with Crippen LogP contribution in [0, 0.1) is 6.92 Å². The molecule has 6 heteroatoms. The number of aryl methyl sites for hydroxylation is 1. The summed E-state index contributed by atoms with van der Waals surface area (Å²) in [5, 5.41) is 3.97. The zero-order chi connectivity index (χ0) is 16.8. The van der Waals surface area contributed by atoms with Crippen LogP contribution in [0.5, 0.6) is 11.5 Å². The molecular formula is C17H20N2O3S. The molecule has 2 rings (SSSR count). The molecule has 0 aliphatic heterocycles. The Balaban J connectivity index is 2.05. The number of thiophene rings is 1. The molecule has 1 N–H and O–H groups in total. The van der Waals surface area contributed by atoms with Gasteiger partial charge in [-0.3, -0.25) is 4.79 Å². The summed E-state index contributed by atoms with van der Waals surface area (Å²) in [5.74, 6) is 0.824.